The van der Waals surface area contributed by atoms with Crippen molar-refractivity contribution in [1.29, 1.82) is 0 Å². The van der Waals surface area contributed by atoms with Gasteiger partial charge in [-0.15, -0.1) is 4.73 Å². The van der Waals surface area contributed by atoms with Crippen LogP contribution in [0.3, 0.4) is 0 Å². The Kier molecular flexibility index (Phi) is 8.21. The highest BCUT2D eigenvalue weighted by molar-refractivity contribution is 5.14. The lowest BCUT2D eigenvalue weighted by Crippen LogP contribution is -2.29. The Labute approximate surface area is 134 Å². The molecule has 0 spiro atoms. The van der Waals surface area contributed by atoms with Crippen molar-refractivity contribution in [2.75, 3.05) is 0 Å². The molecule has 22 heavy (non-hydrogen) atoms. The highest BCUT2D eigenvalue weighted by atomic mass is 16.5. The second-order valence-corrected chi connectivity index (χ2v) is 6.21. The summed E-state index contributed by atoms with van der Waals surface area (Å²) in [6.07, 6.45) is 9.77. The lowest BCUT2D eigenvalue weighted by Gasteiger charge is -2.19. The molecule has 1 N–H and O–H groups in total. The summed E-state index contributed by atoms with van der Waals surface area (Å²) in [5.41, 5.74) is 0.396. The van der Waals surface area contributed by atoms with Gasteiger partial charge in [0.15, 0.2) is 5.82 Å². The molecule has 1 unspecified atom stereocenters. The van der Waals surface area contributed by atoms with Gasteiger partial charge in [-0.25, -0.2) is 4.98 Å². The zero-order valence-corrected chi connectivity index (χ0v) is 14.6. The van der Waals surface area contributed by atoms with E-state index in [0.29, 0.717) is 11.4 Å². The predicted molar refractivity (Wildman–Crippen MR) is 90.8 cm³/mol. The fourth-order valence-corrected chi connectivity index (χ4v) is 3.15. The van der Waals surface area contributed by atoms with Gasteiger partial charge in [-0.1, -0.05) is 53.4 Å². The van der Waals surface area contributed by atoms with E-state index in [1.165, 1.54) is 0 Å². The number of rotatable bonds is 10. The van der Waals surface area contributed by atoms with Crippen LogP contribution >= 0.6 is 0 Å². The van der Waals surface area contributed by atoms with Gasteiger partial charge in [-0.3, -0.25) is 4.79 Å². The van der Waals surface area contributed by atoms with Crippen molar-refractivity contribution in [1.82, 2.24) is 9.71 Å². The fraction of sp³-hybridized carbons (Fsp3) is 0.778. The van der Waals surface area contributed by atoms with Crippen LogP contribution in [0, 0.1) is 0 Å². The molecule has 0 aliphatic rings. The normalized spacial score (nSPS) is 12.8. The summed E-state index contributed by atoms with van der Waals surface area (Å²) in [6, 6.07) is 0. The van der Waals surface area contributed by atoms with Crippen LogP contribution in [0.25, 0.3) is 0 Å². The summed E-state index contributed by atoms with van der Waals surface area (Å²) >= 11 is 0. The van der Waals surface area contributed by atoms with Gasteiger partial charge >= 0.3 is 0 Å². The molecule has 1 aromatic rings. The maximum atomic E-state index is 12.5. The van der Waals surface area contributed by atoms with E-state index in [2.05, 4.69) is 32.7 Å². The zero-order chi connectivity index (χ0) is 16.5. The molecule has 1 aromatic heterocycles. The van der Waals surface area contributed by atoms with Crippen molar-refractivity contribution < 1.29 is 5.21 Å². The summed E-state index contributed by atoms with van der Waals surface area (Å²) in [7, 11) is 0. The van der Waals surface area contributed by atoms with Crippen LogP contribution in [0.5, 0.6) is 0 Å². The summed E-state index contributed by atoms with van der Waals surface area (Å²) < 4.78 is 0.817. The van der Waals surface area contributed by atoms with E-state index in [-0.39, 0.29) is 17.4 Å². The van der Waals surface area contributed by atoms with Crippen LogP contribution in [0.1, 0.15) is 102 Å². The molecule has 0 aromatic carbocycles. The third-order valence-corrected chi connectivity index (χ3v) is 4.47. The third kappa shape index (κ3) is 4.59. The van der Waals surface area contributed by atoms with Crippen LogP contribution in [0.15, 0.2) is 11.0 Å². The number of hydrogen-bond acceptors (Lipinski definition) is 3. The Morgan fingerprint density at radius 3 is 2.18 bits per heavy atom. The van der Waals surface area contributed by atoms with E-state index in [9.17, 15) is 10.0 Å². The number of hydrogen-bond donors (Lipinski definition) is 1. The van der Waals surface area contributed by atoms with Gasteiger partial charge in [-0.2, -0.15) is 0 Å². The van der Waals surface area contributed by atoms with E-state index in [0.717, 1.165) is 56.1 Å². The quantitative estimate of drug-likeness (QED) is 0.629. The Morgan fingerprint density at radius 2 is 1.68 bits per heavy atom. The lowest BCUT2D eigenvalue weighted by atomic mass is 9.92. The minimum atomic E-state index is -0.271. The van der Waals surface area contributed by atoms with Crippen molar-refractivity contribution in [2.24, 2.45) is 0 Å². The van der Waals surface area contributed by atoms with E-state index in [1.54, 1.807) is 6.20 Å². The molecule has 126 valence electrons. The smallest absolute Gasteiger partial charge is 0.289 e. The van der Waals surface area contributed by atoms with Gasteiger partial charge in [0.05, 0.1) is 0 Å². The first-order chi connectivity index (χ1) is 10.6. The Hall–Kier alpha value is -1.32. The average molecular weight is 308 g/mol. The first kappa shape index (κ1) is 18.7. The summed E-state index contributed by atoms with van der Waals surface area (Å²) in [6.45, 7) is 8.48. The second-order valence-electron chi connectivity index (χ2n) is 6.21. The summed E-state index contributed by atoms with van der Waals surface area (Å²) in [5.74, 6) is 0.886. The van der Waals surface area contributed by atoms with E-state index in [4.69, 9.17) is 0 Å². The summed E-state index contributed by atoms with van der Waals surface area (Å²) in [5, 5.41) is 10.3. The second kappa shape index (κ2) is 9.65. The SMILES string of the molecule is CCCCC(CC)c1ncc(C(CCC)CCC)c(=O)n1O. The fourth-order valence-electron chi connectivity index (χ4n) is 3.15. The minimum absolute atomic E-state index is 0.155. The molecule has 4 nitrogen and oxygen atoms in total. The highest BCUT2D eigenvalue weighted by Crippen LogP contribution is 2.26. The van der Waals surface area contributed by atoms with Crippen LogP contribution in [-0.4, -0.2) is 14.9 Å². The topological polar surface area (TPSA) is 55.1 Å². The molecule has 0 radical (unpaired) electrons. The maximum absolute atomic E-state index is 12.5. The first-order valence-corrected chi connectivity index (χ1v) is 8.91. The average Bonchev–Trinajstić information content (AvgIpc) is 2.52. The monoisotopic (exact) mass is 308 g/mol. The molecular formula is C18H32N2O2. The Bertz CT molecular complexity index is 490. The Balaban J connectivity index is 3.12. The van der Waals surface area contributed by atoms with E-state index < -0.39 is 0 Å². The number of aromatic nitrogens is 2. The molecule has 0 saturated carbocycles. The first-order valence-electron chi connectivity index (χ1n) is 8.91. The van der Waals surface area contributed by atoms with Crippen molar-refractivity contribution >= 4 is 0 Å². The molecule has 0 bridgehead atoms. The van der Waals surface area contributed by atoms with E-state index in [1.807, 2.05) is 0 Å². The molecule has 1 atom stereocenters. The standard InChI is InChI=1S/C18H32N2O2/c1-5-9-12-14(8-4)17-19-13-16(18(21)20(17)22)15(10-6-2)11-7-3/h13-15,22H,5-12H2,1-4H3. The molecular weight excluding hydrogens is 276 g/mol. The molecule has 0 saturated heterocycles. The van der Waals surface area contributed by atoms with Crippen molar-refractivity contribution in [3.63, 3.8) is 0 Å². The molecule has 1 heterocycles. The van der Waals surface area contributed by atoms with Crippen LogP contribution in [0.4, 0.5) is 0 Å². The molecule has 4 heteroatoms. The van der Waals surface area contributed by atoms with Gasteiger partial charge in [0.1, 0.15) is 0 Å². The van der Waals surface area contributed by atoms with Gasteiger partial charge in [0.25, 0.3) is 5.56 Å². The van der Waals surface area contributed by atoms with Crippen molar-refractivity contribution in [3.05, 3.63) is 27.9 Å². The molecule has 0 fully saturated rings. The Morgan fingerprint density at radius 1 is 1.05 bits per heavy atom. The van der Waals surface area contributed by atoms with E-state index >= 15 is 0 Å². The number of unbranched alkanes of at least 4 members (excludes halogenated alkanes) is 1. The predicted octanol–water partition coefficient (Wildman–Crippen LogP) is 4.85. The molecule has 0 aliphatic carbocycles. The van der Waals surface area contributed by atoms with Crippen LogP contribution < -0.4 is 5.56 Å². The maximum Gasteiger partial charge on any atom is 0.289 e. The van der Waals surface area contributed by atoms with Crippen molar-refractivity contribution in [2.45, 2.75) is 90.9 Å². The molecule has 0 aliphatic heterocycles. The zero-order valence-electron chi connectivity index (χ0n) is 14.6. The van der Waals surface area contributed by atoms with Crippen molar-refractivity contribution in [3.8, 4) is 0 Å². The highest BCUT2D eigenvalue weighted by Gasteiger charge is 2.21. The summed E-state index contributed by atoms with van der Waals surface area (Å²) in [4.78, 5) is 17.0. The molecule has 1 rings (SSSR count). The number of nitrogens with zero attached hydrogens (tertiary/aromatic N) is 2. The van der Waals surface area contributed by atoms with Gasteiger partial charge in [-0.05, 0) is 31.6 Å². The lowest BCUT2D eigenvalue weighted by molar-refractivity contribution is 0.151. The van der Waals surface area contributed by atoms with Gasteiger partial charge in [0.2, 0.25) is 0 Å². The van der Waals surface area contributed by atoms with Gasteiger partial charge < -0.3 is 5.21 Å². The largest absolute Gasteiger partial charge is 0.424 e. The van der Waals surface area contributed by atoms with Gasteiger partial charge in [0, 0.05) is 17.7 Å². The van der Waals surface area contributed by atoms with Crippen LogP contribution in [0.2, 0.25) is 0 Å². The molecule has 0 amide bonds. The third-order valence-electron chi connectivity index (χ3n) is 4.47. The van der Waals surface area contributed by atoms with Crippen LogP contribution in [-0.2, 0) is 0 Å². The minimum Gasteiger partial charge on any atom is -0.424 e.